The second-order valence-corrected chi connectivity index (χ2v) is 6.26. The van der Waals surface area contributed by atoms with E-state index in [4.69, 9.17) is 20.8 Å². The Balaban J connectivity index is 1.58. The van der Waals surface area contributed by atoms with Crippen LogP contribution in [0.25, 0.3) is 11.5 Å². The molecule has 0 amide bonds. The topological polar surface area (TPSA) is 61.0 Å². The number of benzene rings is 2. The maximum Gasteiger partial charge on any atom is 0.294 e. The predicted molar refractivity (Wildman–Crippen MR) is 106 cm³/mol. The number of hydrogen-bond donors (Lipinski definition) is 0. The Bertz CT molecular complexity index is 1130. The first-order valence-corrected chi connectivity index (χ1v) is 8.88. The van der Waals surface area contributed by atoms with Gasteiger partial charge in [-0.15, -0.1) is 5.10 Å². The molecule has 136 valence electrons. The van der Waals surface area contributed by atoms with Crippen LogP contribution in [0.15, 0.2) is 77.5 Å². The van der Waals surface area contributed by atoms with Crippen LogP contribution in [0, 0.1) is 11.8 Å². The molecule has 28 heavy (non-hydrogen) atoms. The quantitative estimate of drug-likeness (QED) is 0.472. The molecular weight excluding hydrogens is 374 g/mol. The largest absolute Gasteiger partial charge is 0.488 e. The Morgan fingerprint density at radius 1 is 0.964 bits per heavy atom. The van der Waals surface area contributed by atoms with Crippen LogP contribution in [0.4, 0.5) is 0 Å². The van der Waals surface area contributed by atoms with Crippen LogP contribution in [0.1, 0.15) is 17.0 Å². The lowest BCUT2D eigenvalue weighted by Crippen LogP contribution is -1.97. The van der Waals surface area contributed by atoms with Gasteiger partial charge in [-0.2, -0.15) is 0 Å². The van der Waals surface area contributed by atoms with E-state index in [0.717, 1.165) is 11.1 Å². The number of aromatic nitrogens is 3. The minimum absolute atomic E-state index is 0.202. The van der Waals surface area contributed by atoms with Crippen molar-refractivity contribution in [3.05, 3.63) is 95.1 Å². The second kappa shape index (κ2) is 8.38. The lowest BCUT2D eigenvalue weighted by Gasteiger charge is -2.09. The van der Waals surface area contributed by atoms with Crippen molar-refractivity contribution in [2.75, 3.05) is 0 Å². The van der Waals surface area contributed by atoms with Gasteiger partial charge in [-0.25, -0.2) is 0 Å². The smallest absolute Gasteiger partial charge is 0.294 e. The minimum atomic E-state index is 0.202. The van der Waals surface area contributed by atoms with Crippen molar-refractivity contribution < 1.29 is 9.15 Å². The maximum atomic E-state index is 6.15. The molecule has 6 heteroatoms. The Morgan fingerprint density at radius 3 is 2.68 bits per heavy atom. The molecule has 2 heterocycles. The van der Waals surface area contributed by atoms with E-state index in [0.29, 0.717) is 28.8 Å². The van der Waals surface area contributed by atoms with E-state index in [1.165, 1.54) is 0 Å². The van der Waals surface area contributed by atoms with E-state index in [2.05, 4.69) is 27.0 Å². The third-order valence-corrected chi connectivity index (χ3v) is 4.04. The molecule has 2 aromatic carbocycles. The summed E-state index contributed by atoms with van der Waals surface area (Å²) in [5, 5.41) is 8.61. The summed E-state index contributed by atoms with van der Waals surface area (Å²) in [5.41, 5.74) is 2.43. The van der Waals surface area contributed by atoms with Crippen LogP contribution in [0.5, 0.6) is 5.75 Å². The van der Waals surface area contributed by atoms with Gasteiger partial charge in [-0.3, -0.25) is 4.98 Å². The zero-order valence-electron chi connectivity index (χ0n) is 14.7. The molecule has 5 nitrogen and oxygen atoms in total. The Kier molecular flexibility index (Phi) is 5.32. The Morgan fingerprint density at radius 2 is 1.86 bits per heavy atom. The van der Waals surface area contributed by atoms with E-state index in [9.17, 15) is 0 Å². The highest BCUT2D eigenvalue weighted by atomic mass is 35.5. The SMILES string of the molecule is Clc1ccc(OCc2ccccc2)c(-c2nnc(C#Cc3cccnc3)o2)c1. The third kappa shape index (κ3) is 4.37. The monoisotopic (exact) mass is 387 g/mol. The first-order chi connectivity index (χ1) is 13.8. The Hall–Kier alpha value is -3.62. The number of ether oxygens (including phenoxy) is 1. The molecule has 0 spiro atoms. The summed E-state index contributed by atoms with van der Waals surface area (Å²) >= 11 is 6.15. The molecule has 0 radical (unpaired) electrons. The zero-order chi connectivity index (χ0) is 19.2. The summed E-state index contributed by atoms with van der Waals surface area (Å²) in [5.74, 6) is 6.87. The van der Waals surface area contributed by atoms with Gasteiger partial charge in [0.1, 0.15) is 12.4 Å². The van der Waals surface area contributed by atoms with Gasteiger partial charge in [-0.1, -0.05) is 53.0 Å². The van der Waals surface area contributed by atoms with Gasteiger partial charge < -0.3 is 9.15 Å². The van der Waals surface area contributed by atoms with Gasteiger partial charge in [0.15, 0.2) is 0 Å². The molecular formula is C22H14ClN3O2. The van der Waals surface area contributed by atoms with Crippen LogP contribution in [0.3, 0.4) is 0 Å². The van der Waals surface area contributed by atoms with Crippen molar-refractivity contribution in [3.8, 4) is 29.0 Å². The molecule has 0 saturated heterocycles. The third-order valence-electron chi connectivity index (χ3n) is 3.81. The summed E-state index contributed by atoms with van der Waals surface area (Å²) in [7, 11) is 0. The number of rotatable bonds is 4. The van der Waals surface area contributed by atoms with Crippen LogP contribution >= 0.6 is 11.6 Å². The van der Waals surface area contributed by atoms with Gasteiger partial charge in [0.25, 0.3) is 11.8 Å². The van der Waals surface area contributed by atoms with Crippen molar-refractivity contribution in [2.24, 2.45) is 0 Å². The van der Waals surface area contributed by atoms with Crippen molar-refractivity contribution >= 4 is 11.6 Å². The molecule has 0 bridgehead atoms. The number of hydrogen-bond acceptors (Lipinski definition) is 5. The van der Waals surface area contributed by atoms with E-state index in [1.807, 2.05) is 42.5 Å². The van der Waals surface area contributed by atoms with Crippen LogP contribution in [0.2, 0.25) is 5.02 Å². The predicted octanol–water partition coefficient (Wildman–Crippen LogP) is 4.76. The molecule has 2 aromatic heterocycles. The van der Waals surface area contributed by atoms with Gasteiger partial charge >= 0.3 is 0 Å². The molecule has 0 aliphatic carbocycles. The van der Waals surface area contributed by atoms with Crippen LogP contribution in [-0.2, 0) is 6.61 Å². The molecule has 0 aliphatic heterocycles. The first kappa shape index (κ1) is 17.8. The first-order valence-electron chi connectivity index (χ1n) is 8.50. The fourth-order valence-electron chi connectivity index (χ4n) is 2.48. The average Bonchev–Trinajstić information content (AvgIpc) is 3.22. The summed E-state index contributed by atoms with van der Waals surface area (Å²) < 4.78 is 11.6. The average molecular weight is 388 g/mol. The molecule has 0 aliphatic rings. The summed E-state index contributed by atoms with van der Waals surface area (Å²) in [6.45, 7) is 0.414. The molecule has 0 fully saturated rings. The summed E-state index contributed by atoms with van der Waals surface area (Å²) in [4.78, 5) is 4.02. The van der Waals surface area contributed by atoms with Crippen molar-refractivity contribution in [1.29, 1.82) is 0 Å². The Labute approximate surface area is 167 Å². The van der Waals surface area contributed by atoms with Crippen molar-refractivity contribution in [1.82, 2.24) is 15.2 Å². The van der Waals surface area contributed by atoms with Crippen molar-refractivity contribution in [2.45, 2.75) is 6.61 Å². The zero-order valence-corrected chi connectivity index (χ0v) is 15.4. The molecule has 0 atom stereocenters. The standard InChI is InChI=1S/C22H14ClN3O2/c23-18-9-10-20(27-15-17-5-2-1-3-6-17)19(13-18)22-26-25-21(28-22)11-8-16-7-4-12-24-14-16/h1-7,9-10,12-14H,15H2. The molecule has 4 aromatic rings. The molecule has 0 saturated carbocycles. The van der Waals surface area contributed by atoms with Gasteiger partial charge in [0.05, 0.1) is 5.56 Å². The number of nitrogens with zero attached hydrogens (tertiary/aromatic N) is 3. The highest BCUT2D eigenvalue weighted by Gasteiger charge is 2.14. The highest BCUT2D eigenvalue weighted by Crippen LogP contribution is 2.32. The van der Waals surface area contributed by atoms with E-state index < -0.39 is 0 Å². The molecule has 0 unspecified atom stereocenters. The number of halogens is 1. The van der Waals surface area contributed by atoms with E-state index in [-0.39, 0.29) is 5.89 Å². The summed E-state index contributed by atoms with van der Waals surface area (Å²) in [6, 6.07) is 18.8. The lowest BCUT2D eigenvalue weighted by atomic mass is 10.2. The van der Waals surface area contributed by atoms with Gasteiger partial charge in [-0.05, 0) is 41.8 Å². The van der Waals surface area contributed by atoms with Gasteiger partial charge in [0, 0.05) is 23.0 Å². The van der Waals surface area contributed by atoms with Crippen LogP contribution in [-0.4, -0.2) is 15.2 Å². The van der Waals surface area contributed by atoms with E-state index in [1.54, 1.807) is 30.6 Å². The fourth-order valence-corrected chi connectivity index (χ4v) is 2.65. The maximum absolute atomic E-state index is 6.15. The normalized spacial score (nSPS) is 10.2. The second-order valence-electron chi connectivity index (χ2n) is 5.82. The summed E-state index contributed by atoms with van der Waals surface area (Å²) in [6.07, 6.45) is 3.35. The van der Waals surface area contributed by atoms with Gasteiger partial charge in [0.2, 0.25) is 0 Å². The van der Waals surface area contributed by atoms with E-state index >= 15 is 0 Å². The fraction of sp³-hybridized carbons (Fsp3) is 0.0455. The lowest BCUT2D eigenvalue weighted by molar-refractivity contribution is 0.306. The highest BCUT2D eigenvalue weighted by molar-refractivity contribution is 6.30. The van der Waals surface area contributed by atoms with Crippen LogP contribution < -0.4 is 4.74 Å². The minimum Gasteiger partial charge on any atom is -0.488 e. The molecule has 4 rings (SSSR count). The van der Waals surface area contributed by atoms with Crippen molar-refractivity contribution in [3.63, 3.8) is 0 Å². The number of pyridine rings is 1. The molecule has 0 N–H and O–H groups in total.